The van der Waals surface area contributed by atoms with Gasteiger partial charge in [0.15, 0.2) is 0 Å². The summed E-state index contributed by atoms with van der Waals surface area (Å²) in [6.07, 6.45) is 5.68. The van der Waals surface area contributed by atoms with Gasteiger partial charge in [0.1, 0.15) is 0 Å². The number of fused-ring (bicyclic) bond motifs is 1. The summed E-state index contributed by atoms with van der Waals surface area (Å²) in [7, 11) is 2.09. The van der Waals surface area contributed by atoms with Crippen molar-refractivity contribution in [2.24, 2.45) is 0 Å². The largest absolute Gasteiger partial charge is 0.368 e. The zero-order valence-corrected chi connectivity index (χ0v) is 19.3. The predicted octanol–water partition coefficient (Wildman–Crippen LogP) is 3.47. The molecule has 1 fully saturated rings. The maximum atomic E-state index is 12.9. The Kier molecular flexibility index (Phi) is 5.81. The zero-order chi connectivity index (χ0) is 23.7. The Morgan fingerprint density at radius 3 is 2.65 bits per heavy atom. The van der Waals surface area contributed by atoms with E-state index in [4.69, 9.17) is 5.73 Å². The molecule has 0 aliphatic carbocycles. The number of piperazine rings is 1. The van der Waals surface area contributed by atoms with Gasteiger partial charge in [-0.3, -0.25) is 9.89 Å². The second-order valence-corrected chi connectivity index (χ2v) is 8.67. The number of anilines is 1. The van der Waals surface area contributed by atoms with Crippen LogP contribution in [0.5, 0.6) is 0 Å². The topological polar surface area (TPSA) is 104 Å². The lowest BCUT2D eigenvalue weighted by atomic mass is 10.0. The molecule has 0 spiro atoms. The molecule has 1 amide bonds. The molecule has 0 unspecified atom stereocenters. The standard InChI is InChI=1S/C26H27N7O/c1-17-15-20(25(34)33-13-11-32(2)12-14-33)4-3-18(17)6-8-23-21-7-5-19(16-24(21)31-30-23)22-9-10-28-26(27)29-22/h3-10,15-16H,11-14H2,1-2H3,(H,30,31)(H2,27,28,29)/b8-6+. The van der Waals surface area contributed by atoms with Crippen molar-refractivity contribution in [1.82, 2.24) is 30.0 Å². The number of rotatable bonds is 4. The molecule has 1 aliphatic rings. The minimum atomic E-state index is 0.103. The highest BCUT2D eigenvalue weighted by Gasteiger charge is 2.20. The third kappa shape index (κ3) is 4.40. The Bertz CT molecular complexity index is 1380. The van der Waals surface area contributed by atoms with Crippen molar-refractivity contribution in [3.63, 3.8) is 0 Å². The summed E-state index contributed by atoms with van der Waals surface area (Å²) in [5, 5.41) is 8.58. The molecule has 0 radical (unpaired) electrons. The third-order valence-corrected chi connectivity index (χ3v) is 6.29. The van der Waals surface area contributed by atoms with E-state index in [1.807, 2.05) is 66.4 Å². The van der Waals surface area contributed by atoms with Crippen LogP contribution in [0.1, 0.15) is 27.2 Å². The van der Waals surface area contributed by atoms with Crippen molar-refractivity contribution in [2.45, 2.75) is 6.92 Å². The number of aryl methyl sites for hydroxylation is 1. The number of amides is 1. The number of hydrogen-bond donors (Lipinski definition) is 2. The number of hydrogen-bond acceptors (Lipinski definition) is 6. The summed E-state index contributed by atoms with van der Waals surface area (Å²) in [5.41, 5.74) is 12.0. The summed E-state index contributed by atoms with van der Waals surface area (Å²) in [6.45, 7) is 5.40. The van der Waals surface area contributed by atoms with Crippen LogP contribution in [0.2, 0.25) is 0 Å². The molecule has 2 aromatic carbocycles. The van der Waals surface area contributed by atoms with E-state index in [-0.39, 0.29) is 11.9 Å². The van der Waals surface area contributed by atoms with Crippen LogP contribution >= 0.6 is 0 Å². The van der Waals surface area contributed by atoms with Crippen LogP contribution in [0, 0.1) is 6.92 Å². The van der Waals surface area contributed by atoms with Gasteiger partial charge in [-0.15, -0.1) is 0 Å². The SMILES string of the molecule is Cc1cc(C(=O)N2CCN(C)CC2)ccc1/C=C/c1n[nH]c2cc(-c3ccnc(N)n3)ccc12. The Balaban J connectivity index is 1.34. The highest BCUT2D eigenvalue weighted by atomic mass is 16.2. The molecular formula is C26H27N7O. The fraction of sp³-hybridized carbons (Fsp3) is 0.231. The second-order valence-electron chi connectivity index (χ2n) is 8.67. The smallest absolute Gasteiger partial charge is 0.253 e. The summed E-state index contributed by atoms with van der Waals surface area (Å²) in [5.74, 6) is 0.351. The second kappa shape index (κ2) is 9.07. The lowest BCUT2D eigenvalue weighted by Gasteiger charge is -2.32. The number of nitrogen functional groups attached to an aromatic ring is 1. The third-order valence-electron chi connectivity index (χ3n) is 6.29. The van der Waals surface area contributed by atoms with Crippen LogP contribution < -0.4 is 5.73 Å². The average Bonchev–Trinajstić information content (AvgIpc) is 3.25. The monoisotopic (exact) mass is 453 g/mol. The van der Waals surface area contributed by atoms with Crippen molar-refractivity contribution in [3.05, 3.63) is 71.0 Å². The Labute approximate surface area is 198 Å². The summed E-state index contributed by atoms with van der Waals surface area (Å²) >= 11 is 0. The van der Waals surface area contributed by atoms with Gasteiger partial charge in [-0.05, 0) is 61.5 Å². The fourth-order valence-electron chi connectivity index (χ4n) is 4.22. The molecule has 1 aliphatic heterocycles. The molecule has 8 nitrogen and oxygen atoms in total. The van der Waals surface area contributed by atoms with Crippen LogP contribution in [-0.4, -0.2) is 69.1 Å². The number of nitrogens with zero attached hydrogens (tertiary/aromatic N) is 5. The minimum absolute atomic E-state index is 0.103. The van der Waals surface area contributed by atoms with Gasteiger partial charge in [-0.25, -0.2) is 9.97 Å². The number of aromatic amines is 1. The molecule has 5 rings (SSSR count). The molecule has 3 heterocycles. The van der Waals surface area contributed by atoms with Gasteiger partial charge in [-0.1, -0.05) is 18.2 Å². The first-order valence-electron chi connectivity index (χ1n) is 11.3. The quantitative estimate of drug-likeness (QED) is 0.490. The molecule has 8 heteroatoms. The molecule has 0 saturated carbocycles. The first-order valence-corrected chi connectivity index (χ1v) is 11.3. The molecule has 1 saturated heterocycles. The van der Waals surface area contributed by atoms with Crippen molar-refractivity contribution >= 4 is 34.9 Å². The normalized spacial score (nSPS) is 14.8. The van der Waals surface area contributed by atoms with Crippen molar-refractivity contribution in [2.75, 3.05) is 39.0 Å². The van der Waals surface area contributed by atoms with E-state index in [0.717, 1.165) is 70.7 Å². The highest BCUT2D eigenvalue weighted by molar-refractivity contribution is 5.95. The lowest BCUT2D eigenvalue weighted by Crippen LogP contribution is -2.47. The van der Waals surface area contributed by atoms with Gasteiger partial charge in [0.05, 0.1) is 16.9 Å². The number of nitrogens with one attached hydrogen (secondary N) is 1. The van der Waals surface area contributed by atoms with E-state index in [9.17, 15) is 4.79 Å². The highest BCUT2D eigenvalue weighted by Crippen LogP contribution is 2.25. The molecule has 3 N–H and O–H groups in total. The Morgan fingerprint density at radius 1 is 1.06 bits per heavy atom. The molecule has 0 bridgehead atoms. The first-order chi connectivity index (χ1) is 16.5. The summed E-state index contributed by atoms with van der Waals surface area (Å²) < 4.78 is 0. The number of likely N-dealkylation sites (N-methyl/N-ethyl adjacent to an activating group) is 1. The number of aromatic nitrogens is 4. The number of H-pyrrole nitrogens is 1. The number of benzene rings is 2. The van der Waals surface area contributed by atoms with E-state index in [0.29, 0.717) is 0 Å². The van der Waals surface area contributed by atoms with Crippen LogP contribution in [0.4, 0.5) is 5.95 Å². The fourth-order valence-corrected chi connectivity index (χ4v) is 4.22. The van der Waals surface area contributed by atoms with Gasteiger partial charge in [0.25, 0.3) is 5.91 Å². The Hall–Kier alpha value is -4.04. The maximum Gasteiger partial charge on any atom is 0.253 e. The average molecular weight is 454 g/mol. The number of carbonyl (C=O) groups is 1. The van der Waals surface area contributed by atoms with E-state index in [1.54, 1.807) is 6.20 Å². The van der Waals surface area contributed by atoms with Gasteiger partial charge < -0.3 is 15.5 Å². The zero-order valence-electron chi connectivity index (χ0n) is 19.3. The molecule has 34 heavy (non-hydrogen) atoms. The van der Waals surface area contributed by atoms with E-state index >= 15 is 0 Å². The first kappa shape index (κ1) is 21.8. The molecule has 2 aromatic heterocycles. The van der Waals surface area contributed by atoms with Crippen LogP contribution in [-0.2, 0) is 0 Å². The molecule has 0 atom stereocenters. The lowest BCUT2D eigenvalue weighted by molar-refractivity contribution is 0.0664. The van der Waals surface area contributed by atoms with Crippen LogP contribution in [0.15, 0.2) is 48.7 Å². The van der Waals surface area contributed by atoms with Crippen LogP contribution in [0.25, 0.3) is 34.3 Å². The van der Waals surface area contributed by atoms with E-state index in [1.165, 1.54) is 0 Å². The Morgan fingerprint density at radius 2 is 1.88 bits per heavy atom. The molecule has 4 aromatic rings. The summed E-state index contributed by atoms with van der Waals surface area (Å²) in [6, 6.07) is 13.7. The van der Waals surface area contributed by atoms with Gasteiger partial charge in [0, 0.05) is 48.9 Å². The van der Waals surface area contributed by atoms with E-state index < -0.39 is 0 Å². The molecular weight excluding hydrogens is 426 g/mol. The minimum Gasteiger partial charge on any atom is -0.368 e. The number of nitrogens with two attached hydrogens (primary N) is 1. The predicted molar refractivity (Wildman–Crippen MR) is 135 cm³/mol. The van der Waals surface area contributed by atoms with Crippen molar-refractivity contribution in [3.8, 4) is 11.3 Å². The maximum absolute atomic E-state index is 12.9. The molecule has 172 valence electrons. The van der Waals surface area contributed by atoms with Crippen LogP contribution in [0.3, 0.4) is 0 Å². The van der Waals surface area contributed by atoms with Crippen molar-refractivity contribution < 1.29 is 4.79 Å². The van der Waals surface area contributed by atoms with Gasteiger partial charge in [0.2, 0.25) is 5.95 Å². The van der Waals surface area contributed by atoms with Crippen molar-refractivity contribution in [1.29, 1.82) is 0 Å². The van der Waals surface area contributed by atoms with Gasteiger partial charge >= 0.3 is 0 Å². The summed E-state index contributed by atoms with van der Waals surface area (Å²) in [4.78, 5) is 25.3. The van der Waals surface area contributed by atoms with Gasteiger partial charge in [-0.2, -0.15) is 5.10 Å². The number of carbonyl (C=O) groups excluding carboxylic acids is 1. The van der Waals surface area contributed by atoms with E-state index in [2.05, 4.69) is 32.1 Å².